The lowest BCUT2D eigenvalue weighted by molar-refractivity contribution is 0.203. The van der Waals surface area contributed by atoms with E-state index in [1.807, 2.05) is 18.2 Å². The van der Waals surface area contributed by atoms with Crippen LogP contribution >= 0.6 is 22.9 Å². The molecule has 112 valence electrons. The normalized spacial score (nSPS) is 17.1. The van der Waals surface area contributed by atoms with Crippen LogP contribution in [0.4, 0.5) is 10.8 Å². The van der Waals surface area contributed by atoms with Crippen LogP contribution in [0.25, 0.3) is 0 Å². The van der Waals surface area contributed by atoms with Gasteiger partial charge >= 0.3 is 0 Å². The zero-order valence-corrected chi connectivity index (χ0v) is 13.4. The monoisotopic (exact) mass is 323 g/mol. The summed E-state index contributed by atoms with van der Waals surface area (Å²) in [5.41, 5.74) is 1.17. The summed E-state index contributed by atoms with van der Waals surface area (Å²) in [5.74, 6) is 0. The lowest BCUT2D eigenvalue weighted by Gasteiger charge is -2.36. The van der Waals surface area contributed by atoms with Crippen LogP contribution in [0.5, 0.6) is 0 Å². The van der Waals surface area contributed by atoms with Gasteiger partial charge in [-0.2, -0.15) is 0 Å². The summed E-state index contributed by atoms with van der Waals surface area (Å²) in [6.07, 6.45) is 1.33. The predicted molar refractivity (Wildman–Crippen MR) is 88.6 cm³/mol. The van der Waals surface area contributed by atoms with Crippen molar-refractivity contribution in [1.29, 1.82) is 0 Å². The molecule has 2 heterocycles. The van der Waals surface area contributed by atoms with E-state index in [1.165, 1.54) is 5.69 Å². The Morgan fingerprint density at radius 3 is 2.57 bits per heavy atom. The van der Waals surface area contributed by atoms with Crippen molar-refractivity contribution in [2.24, 2.45) is 0 Å². The number of nitrogens with zero attached hydrogens (tertiary/aromatic N) is 3. The zero-order valence-electron chi connectivity index (χ0n) is 11.9. The summed E-state index contributed by atoms with van der Waals surface area (Å²) in [6.45, 7) is 5.53. The first-order valence-corrected chi connectivity index (χ1v) is 8.22. The Hall–Kier alpha value is -1.30. The average Bonchev–Trinajstić information content (AvgIpc) is 2.97. The van der Waals surface area contributed by atoms with Gasteiger partial charge in [-0.25, -0.2) is 4.98 Å². The van der Waals surface area contributed by atoms with Crippen LogP contribution < -0.4 is 9.80 Å². The Balaban J connectivity index is 1.64. The highest BCUT2D eigenvalue weighted by Gasteiger charge is 2.20. The molecule has 4 nitrogen and oxygen atoms in total. The first kappa shape index (κ1) is 14.6. The maximum absolute atomic E-state index is 9.58. The fourth-order valence-corrected chi connectivity index (χ4v) is 3.53. The van der Waals surface area contributed by atoms with Crippen LogP contribution in [0.3, 0.4) is 0 Å². The Kier molecular flexibility index (Phi) is 4.33. The number of rotatable bonds is 3. The SMILES string of the molecule is CC(O)c1cnc(N2CCN(c3cccc(Cl)c3)CC2)s1. The number of aromatic nitrogens is 1. The quantitative estimate of drug-likeness (QED) is 0.941. The van der Waals surface area contributed by atoms with Gasteiger partial charge in [0.05, 0.1) is 11.0 Å². The van der Waals surface area contributed by atoms with Gasteiger partial charge in [0.25, 0.3) is 0 Å². The highest BCUT2D eigenvalue weighted by atomic mass is 35.5. The number of benzene rings is 1. The molecule has 1 unspecified atom stereocenters. The molecule has 1 fully saturated rings. The summed E-state index contributed by atoms with van der Waals surface area (Å²) in [5, 5.41) is 11.4. The maximum atomic E-state index is 9.58. The molecule has 1 aliphatic rings. The predicted octanol–water partition coefficient (Wildman–Crippen LogP) is 3.18. The highest BCUT2D eigenvalue weighted by Crippen LogP contribution is 2.28. The van der Waals surface area contributed by atoms with Crippen LogP contribution in [-0.2, 0) is 0 Å². The molecule has 3 rings (SSSR count). The average molecular weight is 324 g/mol. The highest BCUT2D eigenvalue weighted by molar-refractivity contribution is 7.15. The second-order valence-electron chi connectivity index (χ2n) is 5.18. The molecule has 1 saturated heterocycles. The zero-order chi connectivity index (χ0) is 14.8. The number of halogens is 1. The van der Waals surface area contributed by atoms with E-state index in [0.717, 1.165) is 41.2 Å². The van der Waals surface area contributed by atoms with E-state index in [0.29, 0.717) is 0 Å². The van der Waals surface area contributed by atoms with Gasteiger partial charge < -0.3 is 14.9 Å². The van der Waals surface area contributed by atoms with Crippen LogP contribution in [0.1, 0.15) is 17.9 Å². The van der Waals surface area contributed by atoms with Gasteiger partial charge in [0.1, 0.15) is 0 Å². The largest absolute Gasteiger partial charge is 0.388 e. The molecule has 0 bridgehead atoms. The number of aliphatic hydroxyl groups excluding tert-OH is 1. The third-order valence-corrected chi connectivity index (χ3v) is 5.11. The summed E-state index contributed by atoms with van der Waals surface area (Å²) in [6, 6.07) is 7.98. The molecule has 6 heteroatoms. The minimum atomic E-state index is -0.441. The molecule has 21 heavy (non-hydrogen) atoms. The molecule has 0 radical (unpaired) electrons. The third kappa shape index (κ3) is 3.31. The van der Waals surface area contributed by atoms with Crippen LogP contribution in [0.15, 0.2) is 30.5 Å². The van der Waals surface area contributed by atoms with Crippen molar-refractivity contribution in [3.63, 3.8) is 0 Å². The smallest absolute Gasteiger partial charge is 0.185 e. The molecule has 0 aliphatic carbocycles. The number of aliphatic hydroxyl groups is 1. The van der Waals surface area contributed by atoms with Gasteiger partial charge in [-0.05, 0) is 25.1 Å². The molecule has 1 N–H and O–H groups in total. The Morgan fingerprint density at radius 2 is 1.95 bits per heavy atom. The van der Waals surface area contributed by atoms with Gasteiger partial charge in [0, 0.05) is 43.1 Å². The molecule has 1 atom stereocenters. The van der Waals surface area contributed by atoms with E-state index in [9.17, 15) is 5.11 Å². The first-order chi connectivity index (χ1) is 10.1. The maximum Gasteiger partial charge on any atom is 0.185 e. The number of piperazine rings is 1. The van der Waals surface area contributed by atoms with Crippen LogP contribution in [0, 0.1) is 0 Å². The fraction of sp³-hybridized carbons (Fsp3) is 0.400. The van der Waals surface area contributed by atoms with Gasteiger partial charge in [0.15, 0.2) is 5.13 Å². The second-order valence-corrected chi connectivity index (χ2v) is 6.65. The number of thiazole rings is 1. The molecule has 0 amide bonds. The molecule has 1 aromatic heterocycles. The summed E-state index contributed by atoms with van der Waals surface area (Å²) in [4.78, 5) is 9.95. The number of anilines is 2. The summed E-state index contributed by atoms with van der Waals surface area (Å²) < 4.78 is 0. The standard InChI is InChI=1S/C15H18ClN3OS/c1-11(20)14-10-17-15(21-14)19-7-5-18(6-8-19)13-4-2-3-12(16)9-13/h2-4,9-11,20H,5-8H2,1H3. The van der Waals surface area contributed by atoms with Gasteiger partial charge in [-0.3, -0.25) is 0 Å². The number of hydrogen-bond donors (Lipinski definition) is 1. The van der Waals surface area contributed by atoms with Crippen molar-refractivity contribution in [2.75, 3.05) is 36.0 Å². The van der Waals surface area contributed by atoms with Crippen molar-refractivity contribution >= 4 is 33.8 Å². The van der Waals surface area contributed by atoms with Gasteiger partial charge in [0.2, 0.25) is 0 Å². The Morgan fingerprint density at radius 1 is 1.24 bits per heavy atom. The summed E-state index contributed by atoms with van der Waals surface area (Å²) in [7, 11) is 0. The number of hydrogen-bond acceptors (Lipinski definition) is 5. The van der Waals surface area contributed by atoms with E-state index in [-0.39, 0.29) is 0 Å². The molecule has 0 saturated carbocycles. The van der Waals surface area contributed by atoms with Gasteiger partial charge in [-0.1, -0.05) is 29.0 Å². The van der Waals surface area contributed by atoms with Crippen molar-refractivity contribution < 1.29 is 5.11 Å². The van der Waals surface area contributed by atoms with E-state index in [2.05, 4.69) is 20.9 Å². The van der Waals surface area contributed by atoms with Crippen LogP contribution in [0.2, 0.25) is 5.02 Å². The van der Waals surface area contributed by atoms with Crippen molar-refractivity contribution in [3.8, 4) is 0 Å². The molecular formula is C15H18ClN3OS. The van der Waals surface area contributed by atoms with Crippen molar-refractivity contribution in [3.05, 3.63) is 40.4 Å². The minimum Gasteiger partial charge on any atom is -0.388 e. The van der Waals surface area contributed by atoms with Crippen molar-refractivity contribution in [1.82, 2.24) is 4.98 Å². The molecule has 1 aromatic carbocycles. The third-order valence-electron chi connectivity index (χ3n) is 3.65. The second kappa shape index (κ2) is 6.22. The molecule has 1 aliphatic heterocycles. The van der Waals surface area contributed by atoms with E-state index in [4.69, 9.17) is 11.6 Å². The fourth-order valence-electron chi connectivity index (χ4n) is 2.45. The first-order valence-electron chi connectivity index (χ1n) is 7.03. The van der Waals surface area contributed by atoms with Crippen LogP contribution in [-0.4, -0.2) is 36.3 Å². The Labute approximate surface area is 133 Å². The van der Waals surface area contributed by atoms with E-state index < -0.39 is 6.10 Å². The molecular weight excluding hydrogens is 306 g/mol. The molecule has 2 aromatic rings. The van der Waals surface area contributed by atoms with E-state index in [1.54, 1.807) is 24.5 Å². The minimum absolute atomic E-state index is 0.441. The van der Waals surface area contributed by atoms with Gasteiger partial charge in [-0.15, -0.1) is 0 Å². The van der Waals surface area contributed by atoms with Crippen molar-refractivity contribution in [2.45, 2.75) is 13.0 Å². The topological polar surface area (TPSA) is 39.6 Å². The lowest BCUT2D eigenvalue weighted by Crippen LogP contribution is -2.46. The van der Waals surface area contributed by atoms with E-state index >= 15 is 0 Å². The molecule has 0 spiro atoms. The summed E-state index contributed by atoms with van der Waals surface area (Å²) >= 11 is 7.62. The Bertz CT molecular complexity index is 608. The lowest BCUT2D eigenvalue weighted by atomic mass is 10.2.